The van der Waals surface area contributed by atoms with Crippen molar-refractivity contribution < 1.29 is 27.9 Å². The molecule has 0 saturated heterocycles. The van der Waals surface area contributed by atoms with Crippen LogP contribution in [0.1, 0.15) is 26.7 Å². The van der Waals surface area contributed by atoms with Crippen molar-refractivity contribution in [3.8, 4) is 0 Å². The molecule has 0 unspecified atom stereocenters. The van der Waals surface area contributed by atoms with Gasteiger partial charge >= 0.3 is 13.6 Å². The van der Waals surface area contributed by atoms with Gasteiger partial charge in [0.2, 0.25) is 5.52 Å². The molecule has 94 valence electrons. The van der Waals surface area contributed by atoms with Gasteiger partial charge in [0.1, 0.15) is 0 Å². The summed E-state index contributed by atoms with van der Waals surface area (Å²) < 4.78 is 25.9. The summed E-state index contributed by atoms with van der Waals surface area (Å²) in [4.78, 5) is 22.4. The van der Waals surface area contributed by atoms with Gasteiger partial charge in [-0.25, -0.2) is 0 Å². The molecule has 0 aromatic carbocycles. The maximum Gasteiger partial charge on any atom is 0.396 e. The van der Waals surface area contributed by atoms with Crippen LogP contribution in [0.3, 0.4) is 0 Å². The van der Waals surface area contributed by atoms with Crippen molar-refractivity contribution in [2.45, 2.75) is 26.7 Å². The van der Waals surface area contributed by atoms with Gasteiger partial charge in [0.25, 0.3) is 0 Å². The molecule has 0 aromatic heterocycles. The first-order chi connectivity index (χ1) is 7.50. The van der Waals surface area contributed by atoms with E-state index in [1.165, 1.54) is 7.11 Å². The van der Waals surface area contributed by atoms with E-state index in [0.29, 0.717) is 0 Å². The second-order valence-electron chi connectivity index (χ2n) is 2.80. The summed E-state index contributed by atoms with van der Waals surface area (Å²) in [5.41, 5.74) is -0.693. The predicted octanol–water partition coefficient (Wildman–Crippen LogP) is 1.73. The molecule has 0 heterocycles. The van der Waals surface area contributed by atoms with Gasteiger partial charge < -0.3 is 13.8 Å². The summed E-state index contributed by atoms with van der Waals surface area (Å²) in [5, 5.41) is 0. The number of carbonyl (C=O) groups excluding carboxylic acids is 2. The highest BCUT2D eigenvalue weighted by molar-refractivity contribution is 7.71. The smallest absolute Gasteiger partial charge is 0.396 e. The highest BCUT2D eigenvalue weighted by Gasteiger charge is 2.33. The molecule has 0 saturated carbocycles. The molecular weight excluding hydrogens is 235 g/mol. The average molecular weight is 252 g/mol. The van der Waals surface area contributed by atoms with Crippen LogP contribution in [-0.2, 0) is 27.9 Å². The molecule has 0 N–H and O–H groups in total. The third-order valence-electron chi connectivity index (χ3n) is 1.67. The minimum absolute atomic E-state index is 0.112. The summed E-state index contributed by atoms with van der Waals surface area (Å²) in [7, 11) is -2.50. The Morgan fingerprint density at radius 1 is 1.06 bits per heavy atom. The van der Waals surface area contributed by atoms with Crippen LogP contribution < -0.4 is 0 Å². The number of hydrogen-bond acceptors (Lipinski definition) is 6. The van der Waals surface area contributed by atoms with Crippen LogP contribution in [0.5, 0.6) is 0 Å². The summed E-state index contributed by atoms with van der Waals surface area (Å²) in [6.45, 7) is 3.45. The van der Waals surface area contributed by atoms with Crippen molar-refractivity contribution in [3.63, 3.8) is 0 Å². The lowest BCUT2D eigenvalue weighted by Gasteiger charge is -2.14. The van der Waals surface area contributed by atoms with Gasteiger partial charge in [0.15, 0.2) is 0 Å². The maximum atomic E-state index is 11.9. The second kappa shape index (κ2) is 7.54. The molecule has 16 heavy (non-hydrogen) atoms. The number of carbonyl (C=O) groups is 2. The SMILES string of the molecule is CCOP(=O)(OCC)C(=O)CCC(=O)OC. The number of rotatable bonds is 8. The van der Waals surface area contributed by atoms with E-state index in [1.807, 2.05) is 0 Å². The lowest BCUT2D eigenvalue weighted by molar-refractivity contribution is -0.141. The minimum Gasteiger partial charge on any atom is -0.469 e. The van der Waals surface area contributed by atoms with E-state index >= 15 is 0 Å². The fraction of sp³-hybridized carbons (Fsp3) is 0.778. The Bertz CT molecular complexity index is 278. The summed E-state index contributed by atoms with van der Waals surface area (Å²) in [6.07, 6.45) is -0.330. The Morgan fingerprint density at radius 2 is 1.56 bits per heavy atom. The maximum absolute atomic E-state index is 11.9. The Labute approximate surface area is 94.8 Å². The van der Waals surface area contributed by atoms with Gasteiger partial charge in [0, 0.05) is 6.42 Å². The number of ether oxygens (including phenoxy) is 1. The first kappa shape index (κ1) is 15.3. The fourth-order valence-corrected chi connectivity index (χ4v) is 2.40. The van der Waals surface area contributed by atoms with Gasteiger partial charge in [0.05, 0.1) is 26.7 Å². The fourth-order valence-electron chi connectivity index (χ4n) is 0.969. The van der Waals surface area contributed by atoms with Crippen LogP contribution in [-0.4, -0.2) is 31.8 Å². The van der Waals surface area contributed by atoms with Crippen LogP contribution in [0.4, 0.5) is 0 Å². The zero-order valence-corrected chi connectivity index (χ0v) is 10.6. The minimum atomic E-state index is -3.72. The van der Waals surface area contributed by atoms with Crippen LogP contribution in [0.25, 0.3) is 0 Å². The standard InChI is InChI=1S/C9H17O6P/c1-4-14-16(12,15-5-2)9(11)7-6-8(10)13-3/h4-7H2,1-3H3. The summed E-state index contributed by atoms with van der Waals surface area (Å²) in [6, 6.07) is 0. The molecule has 0 atom stereocenters. The number of methoxy groups -OCH3 is 1. The third-order valence-corrected chi connectivity index (χ3v) is 3.70. The van der Waals surface area contributed by atoms with Gasteiger partial charge in [-0.15, -0.1) is 0 Å². The van der Waals surface area contributed by atoms with Crippen molar-refractivity contribution >= 4 is 19.1 Å². The van der Waals surface area contributed by atoms with E-state index in [1.54, 1.807) is 13.8 Å². The van der Waals surface area contributed by atoms with E-state index in [-0.39, 0.29) is 26.1 Å². The Hall–Kier alpha value is -0.710. The predicted molar refractivity (Wildman–Crippen MR) is 57.1 cm³/mol. The number of hydrogen-bond donors (Lipinski definition) is 0. The van der Waals surface area contributed by atoms with Crippen LogP contribution in [0, 0.1) is 0 Å². The van der Waals surface area contributed by atoms with Crippen LogP contribution in [0.2, 0.25) is 0 Å². The van der Waals surface area contributed by atoms with E-state index in [2.05, 4.69) is 4.74 Å². The first-order valence-electron chi connectivity index (χ1n) is 4.99. The lowest BCUT2D eigenvalue weighted by Crippen LogP contribution is -2.10. The van der Waals surface area contributed by atoms with E-state index in [4.69, 9.17) is 9.05 Å². The Kier molecular flexibility index (Phi) is 7.21. The first-order valence-corrected chi connectivity index (χ1v) is 6.53. The normalized spacial score (nSPS) is 11.2. The molecule has 0 aliphatic heterocycles. The highest BCUT2D eigenvalue weighted by Crippen LogP contribution is 2.50. The molecule has 0 aliphatic carbocycles. The molecule has 6 nitrogen and oxygen atoms in total. The van der Waals surface area contributed by atoms with Crippen molar-refractivity contribution in [2.75, 3.05) is 20.3 Å². The largest absolute Gasteiger partial charge is 0.469 e. The topological polar surface area (TPSA) is 78.9 Å². The van der Waals surface area contributed by atoms with Gasteiger partial charge in [-0.2, -0.15) is 0 Å². The Morgan fingerprint density at radius 3 is 1.94 bits per heavy atom. The molecule has 0 rings (SSSR count). The molecule has 0 aliphatic rings. The highest BCUT2D eigenvalue weighted by atomic mass is 31.2. The van der Waals surface area contributed by atoms with Crippen molar-refractivity contribution in [2.24, 2.45) is 0 Å². The average Bonchev–Trinajstić information content (AvgIpc) is 2.25. The molecular formula is C9H17O6P. The molecule has 0 fully saturated rings. The lowest BCUT2D eigenvalue weighted by atomic mass is 10.3. The second-order valence-corrected chi connectivity index (χ2v) is 4.81. The van der Waals surface area contributed by atoms with E-state index in [9.17, 15) is 14.2 Å². The van der Waals surface area contributed by atoms with Crippen LogP contribution in [0.15, 0.2) is 0 Å². The Balaban J connectivity index is 4.39. The zero-order chi connectivity index (χ0) is 12.6. The third kappa shape index (κ3) is 4.88. The molecule has 0 radical (unpaired) electrons. The summed E-state index contributed by atoms with van der Waals surface area (Å²) >= 11 is 0. The van der Waals surface area contributed by atoms with E-state index in [0.717, 1.165) is 0 Å². The van der Waals surface area contributed by atoms with Crippen LogP contribution >= 0.6 is 7.60 Å². The zero-order valence-electron chi connectivity index (χ0n) is 9.73. The van der Waals surface area contributed by atoms with Crippen molar-refractivity contribution in [1.29, 1.82) is 0 Å². The quantitative estimate of drug-likeness (QED) is 0.483. The van der Waals surface area contributed by atoms with Crippen molar-refractivity contribution in [3.05, 3.63) is 0 Å². The van der Waals surface area contributed by atoms with Gasteiger partial charge in [-0.1, -0.05) is 0 Å². The van der Waals surface area contributed by atoms with E-state index < -0.39 is 19.1 Å². The summed E-state index contributed by atoms with van der Waals surface area (Å²) in [5.74, 6) is -0.534. The number of esters is 1. The molecule has 0 bridgehead atoms. The van der Waals surface area contributed by atoms with Crippen molar-refractivity contribution in [1.82, 2.24) is 0 Å². The molecule has 0 spiro atoms. The molecule has 0 aromatic rings. The van der Waals surface area contributed by atoms with Gasteiger partial charge in [-0.05, 0) is 13.8 Å². The molecule has 7 heteroatoms. The van der Waals surface area contributed by atoms with Gasteiger partial charge in [-0.3, -0.25) is 14.2 Å². The molecule has 0 amide bonds. The monoisotopic (exact) mass is 252 g/mol.